The summed E-state index contributed by atoms with van der Waals surface area (Å²) in [5, 5.41) is 0. The van der Waals surface area contributed by atoms with Crippen LogP contribution >= 0.6 is 0 Å². The molecule has 1 aliphatic heterocycles. The van der Waals surface area contributed by atoms with Crippen LogP contribution in [0.25, 0.3) is 0 Å². The number of benzene rings is 2. The van der Waals surface area contributed by atoms with Gasteiger partial charge < -0.3 is 0 Å². The Kier molecular flexibility index (Phi) is 8.33. The lowest BCUT2D eigenvalue weighted by molar-refractivity contribution is -0.133. The highest BCUT2D eigenvalue weighted by Crippen LogP contribution is 2.40. The van der Waals surface area contributed by atoms with Crippen molar-refractivity contribution in [3.05, 3.63) is 64.7 Å². The summed E-state index contributed by atoms with van der Waals surface area (Å²) in [5.74, 6) is -0.642. The maximum Gasteiger partial charge on any atom is 0.341 e. The first-order valence-electron chi connectivity index (χ1n) is 12.9. The third-order valence-electron chi connectivity index (χ3n) is 7.15. The van der Waals surface area contributed by atoms with Gasteiger partial charge in [-0.15, -0.1) is 0 Å². The molecule has 6 nitrogen and oxygen atoms in total. The molecule has 1 fully saturated rings. The number of imide groups is 1. The smallest absolute Gasteiger partial charge is 0.274 e. The molecule has 36 heavy (non-hydrogen) atoms. The van der Waals surface area contributed by atoms with Crippen LogP contribution in [0, 0.1) is 5.92 Å². The summed E-state index contributed by atoms with van der Waals surface area (Å²) in [7, 11) is -4.23. The minimum Gasteiger partial charge on any atom is -0.274 e. The van der Waals surface area contributed by atoms with Crippen LogP contribution in [0.5, 0.6) is 0 Å². The van der Waals surface area contributed by atoms with E-state index >= 15 is 0 Å². The van der Waals surface area contributed by atoms with Crippen LogP contribution in [0.2, 0.25) is 0 Å². The first-order valence-corrected chi connectivity index (χ1v) is 14.4. The fraction of sp³-hybridized carbons (Fsp3) is 0.517. The molecule has 0 saturated carbocycles. The van der Waals surface area contributed by atoms with Gasteiger partial charge in [-0.1, -0.05) is 97.9 Å². The molecule has 0 radical (unpaired) electrons. The molecule has 2 aromatic rings. The molecule has 0 N–H and O–H groups in total. The summed E-state index contributed by atoms with van der Waals surface area (Å²) in [5.41, 5.74) is 3.23. The van der Waals surface area contributed by atoms with Gasteiger partial charge in [-0.25, -0.2) is 17.5 Å². The zero-order valence-corrected chi connectivity index (χ0v) is 23.6. The van der Waals surface area contributed by atoms with Gasteiger partial charge in [-0.3, -0.25) is 9.69 Å². The standard InChI is InChI=1S/C29H40N2O4S/c1-9-21(8)28(32)31-26(22-13-11-10-12-14-22)17-30(29(31)33)36(34,35)27-24(19(4)5)15-23(18(2)3)16-25(27)20(6)7/h10-16,18-21,26H,9,17H2,1-8H3/t21-,26-/m0/s1. The molecule has 0 bridgehead atoms. The highest BCUT2D eigenvalue weighted by molar-refractivity contribution is 7.89. The van der Waals surface area contributed by atoms with E-state index in [-0.39, 0.29) is 35.1 Å². The van der Waals surface area contributed by atoms with E-state index in [0.29, 0.717) is 17.5 Å². The number of urea groups is 1. The molecule has 196 valence electrons. The molecule has 0 aromatic heterocycles. The molecule has 2 atom stereocenters. The number of carbonyl (C=O) groups excluding carboxylic acids is 2. The van der Waals surface area contributed by atoms with Crippen molar-refractivity contribution < 1.29 is 18.0 Å². The highest BCUT2D eigenvalue weighted by Gasteiger charge is 2.49. The zero-order valence-electron chi connectivity index (χ0n) is 22.8. The molecule has 0 spiro atoms. The van der Waals surface area contributed by atoms with Crippen LogP contribution in [0.4, 0.5) is 4.79 Å². The maximum absolute atomic E-state index is 14.3. The molecule has 1 saturated heterocycles. The topological polar surface area (TPSA) is 74.8 Å². The molecule has 1 heterocycles. The van der Waals surface area contributed by atoms with Crippen LogP contribution in [-0.2, 0) is 14.8 Å². The summed E-state index contributed by atoms with van der Waals surface area (Å²) >= 11 is 0. The Bertz CT molecular complexity index is 1190. The highest BCUT2D eigenvalue weighted by atomic mass is 32.2. The summed E-state index contributed by atoms with van der Waals surface area (Å²) in [4.78, 5) is 28.5. The Morgan fingerprint density at radius 1 is 0.917 bits per heavy atom. The van der Waals surface area contributed by atoms with E-state index in [1.54, 1.807) is 6.92 Å². The van der Waals surface area contributed by atoms with Crippen molar-refractivity contribution in [2.45, 2.75) is 90.5 Å². The number of carbonyl (C=O) groups is 2. The van der Waals surface area contributed by atoms with Crippen molar-refractivity contribution in [1.82, 2.24) is 9.21 Å². The first kappa shape index (κ1) is 27.9. The van der Waals surface area contributed by atoms with E-state index in [4.69, 9.17) is 0 Å². The minimum absolute atomic E-state index is 0.0635. The number of nitrogens with zero attached hydrogens (tertiary/aromatic N) is 2. The van der Waals surface area contributed by atoms with Crippen molar-refractivity contribution in [2.75, 3.05) is 6.54 Å². The third kappa shape index (κ3) is 5.08. The molecule has 3 amide bonds. The van der Waals surface area contributed by atoms with Crippen LogP contribution < -0.4 is 0 Å². The lowest BCUT2D eigenvalue weighted by atomic mass is 9.89. The molecule has 0 unspecified atom stereocenters. The van der Waals surface area contributed by atoms with Crippen molar-refractivity contribution in [3.63, 3.8) is 0 Å². The monoisotopic (exact) mass is 512 g/mol. The summed E-state index contributed by atoms with van der Waals surface area (Å²) in [6, 6.07) is 11.7. The van der Waals surface area contributed by atoms with Crippen LogP contribution in [0.3, 0.4) is 0 Å². The Hall–Kier alpha value is -2.67. The molecule has 7 heteroatoms. The second-order valence-electron chi connectivity index (χ2n) is 10.8. The summed E-state index contributed by atoms with van der Waals surface area (Å²) in [6.07, 6.45) is 0.558. The van der Waals surface area contributed by atoms with E-state index in [0.717, 1.165) is 20.3 Å². The van der Waals surface area contributed by atoms with Gasteiger partial charge in [-0.05, 0) is 46.4 Å². The lowest BCUT2D eigenvalue weighted by Gasteiger charge is -2.26. The average molecular weight is 513 g/mol. The number of amides is 3. The SMILES string of the molecule is CC[C@H](C)C(=O)N1C(=O)N(S(=O)(=O)c2c(C(C)C)cc(C(C)C)cc2C(C)C)C[C@H]1c1ccccc1. The van der Waals surface area contributed by atoms with Crippen molar-refractivity contribution >= 4 is 22.0 Å². The first-order chi connectivity index (χ1) is 16.8. The maximum atomic E-state index is 14.3. The van der Waals surface area contributed by atoms with Crippen molar-refractivity contribution in [1.29, 1.82) is 0 Å². The predicted octanol–water partition coefficient (Wildman–Crippen LogP) is 6.80. The molecule has 3 rings (SSSR count). The van der Waals surface area contributed by atoms with Gasteiger partial charge in [0.25, 0.3) is 10.0 Å². The van der Waals surface area contributed by atoms with Gasteiger partial charge in [0.2, 0.25) is 5.91 Å². The van der Waals surface area contributed by atoms with Crippen LogP contribution in [-0.4, -0.2) is 36.1 Å². The third-order valence-corrected chi connectivity index (χ3v) is 9.03. The number of hydrogen-bond donors (Lipinski definition) is 0. The zero-order chi connectivity index (χ0) is 26.9. The van der Waals surface area contributed by atoms with Crippen LogP contribution in [0.1, 0.15) is 108 Å². The molecule has 0 aliphatic carbocycles. The number of sulfonamides is 1. The van der Waals surface area contributed by atoms with Gasteiger partial charge in [0.05, 0.1) is 17.5 Å². The van der Waals surface area contributed by atoms with Gasteiger partial charge in [-0.2, -0.15) is 0 Å². The lowest BCUT2D eigenvalue weighted by Crippen LogP contribution is -2.42. The van der Waals surface area contributed by atoms with Crippen molar-refractivity contribution in [2.24, 2.45) is 5.92 Å². The second-order valence-corrected chi connectivity index (χ2v) is 12.6. The Morgan fingerprint density at radius 3 is 1.89 bits per heavy atom. The Labute approximate surface area is 216 Å². The largest absolute Gasteiger partial charge is 0.341 e. The predicted molar refractivity (Wildman–Crippen MR) is 143 cm³/mol. The second kappa shape index (κ2) is 10.8. The van der Waals surface area contributed by atoms with E-state index in [9.17, 15) is 18.0 Å². The normalized spacial score (nSPS) is 17.5. The number of hydrogen-bond acceptors (Lipinski definition) is 4. The quantitative estimate of drug-likeness (QED) is 0.390. The van der Waals surface area contributed by atoms with E-state index in [1.807, 2.05) is 77.1 Å². The van der Waals surface area contributed by atoms with Gasteiger partial charge in [0.15, 0.2) is 0 Å². The van der Waals surface area contributed by atoms with E-state index < -0.39 is 28.0 Å². The van der Waals surface area contributed by atoms with Gasteiger partial charge >= 0.3 is 6.03 Å². The Morgan fingerprint density at radius 2 is 1.44 bits per heavy atom. The minimum atomic E-state index is -4.23. The summed E-state index contributed by atoms with van der Waals surface area (Å²) in [6.45, 7) is 15.6. The Balaban J connectivity index is 2.22. The fourth-order valence-electron chi connectivity index (χ4n) is 4.66. The molecule has 1 aliphatic rings. The van der Waals surface area contributed by atoms with E-state index in [1.165, 1.54) is 0 Å². The van der Waals surface area contributed by atoms with Crippen LogP contribution in [0.15, 0.2) is 47.4 Å². The number of rotatable bonds is 8. The molecular formula is C29H40N2O4S. The van der Waals surface area contributed by atoms with E-state index in [2.05, 4.69) is 13.8 Å². The molecule has 2 aromatic carbocycles. The van der Waals surface area contributed by atoms with Crippen molar-refractivity contribution in [3.8, 4) is 0 Å². The average Bonchev–Trinajstić information content (AvgIpc) is 3.20. The van der Waals surface area contributed by atoms with Gasteiger partial charge in [0.1, 0.15) is 0 Å². The van der Waals surface area contributed by atoms with Gasteiger partial charge in [0, 0.05) is 5.92 Å². The summed E-state index contributed by atoms with van der Waals surface area (Å²) < 4.78 is 29.6. The fourth-order valence-corrected chi connectivity index (χ4v) is 6.69. The molecular weight excluding hydrogens is 472 g/mol.